The van der Waals surface area contributed by atoms with Crippen LogP contribution in [0.1, 0.15) is 20.7 Å². The maximum absolute atomic E-state index is 12.2. The fourth-order valence-corrected chi connectivity index (χ4v) is 4.14. The van der Waals surface area contributed by atoms with E-state index in [1.165, 1.54) is 38.7 Å². The van der Waals surface area contributed by atoms with Crippen molar-refractivity contribution in [2.45, 2.75) is 0 Å². The Bertz CT molecular complexity index is 1310. The summed E-state index contributed by atoms with van der Waals surface area (Å²) in [6.45, 7) is 2.24. The quantitative estimate of drug-likeness (QED) is 0.263. The molecular formula is C25H26N6O7. The number of nitrogens with zero attached hydrogens (tertiary/aromatic N) is 5. The summed E-state index contributed by atoms with van der Waals surface area (Å²) in [5.74, 6) is -0.535. The summed E-state index contributed by atoms with van der Waals surface area (Å²) in [6.07, 6.45) is 1.23. The number of esters is 2. The molecular weight excluding hydrogens is 496 g/mol. The van der Waals surface area contributed by atoms with Gasteiger partial charge in [-0.15, -0.1) is 0 Å². The van der Waals surface area contributed by atoms with Crippen molar-refractivity contribution in [1.82, 2.24) is 9.97 Å². The Labute approximate surface area is 218 Å². The van der Waals surface area contributed by atoms with Crippen LogP contribution in [0.5, 0.6) is 5.75 Å². The normalized spacial score (nSPS) is 13.0. The van der Waals surface area contributed by atoms with Gasteiger partial charge in [-0.25, -0.2) is 19.6 Å². The number of aromatic nitrogens is 2. The van der Waals surface area contributed by atoms with Crippen molar-refractivity contribution in [3.8, 4) is 5.75 Å². The van der Waals surface area contributed by atoms with Crippen molar-refractivity contribution in [3.05, 3.63) is 70.0 Å². The zero-order valence-electron chi connectivity index (χ0n) is 21.0. The highest BCUT2D eigenvalue weighted by Crippen LogP contribution is 2.35. The number of carbonyl (C=O) groups excluding carboxylic acids is 2. The van der Waals surface area contributed by atoms with Crippen molar-refractivity contribution in [2.24, 2.45) is 0 Å². The summed E-state index contributed by atoms with van der Waals surface area (Å²) >= 11 is 0. The lowest BCUT2D eigenvalue weighted by molar-refractivity contribution is -0.383. The van der Waals surface area contributed by atoms with Gasteiger partial charge in [0.15, 0.2) is 0 Å². The smallest absolute Gasteiger partial charge is 0.353 e. The van der Waals surface area contributed by atoms with Gasteiger partial charge in [0.2, 0.25) is 11.6 Å². The second-order valence-corrected chi connectivity index (χ2v) is 8.23. The minimum atomic E-state index is -0.689. The summed E-state index contributed by atoms with van der Waals surface area (Å²) in [5.41, 5.74) is 1.03. The van der Waals surface area contributed by atoms with Crippen LogP contribution in [-0.4, -0.2) is 74.3 Å². The third-order valence-electron chi connectivity index (χ3n) is 6.04. The average molecular weight is 523 g/mol. The first-order chi connectivity index (χ1) is 18.3. The standard InChI is InChI=1S/C25H26N6O7/c1-36-20-6-4-19(5-7-20)29-8-10-30(11-9-29)23-21(31(34)35)22(26-15-27-23)28-18-13-16(24(32)37-2)12-17(14-18)25(33)38-3/h4-7,12-15H,8-11H2,1-3H3,(H,26,27,28). The number of nitro groups is 1. The van der Waals surface area contributed by atoms with Gasteiger partial charge in [-0.1, -0.05) is 0 Å². The number of carbonyl (C=O) groups is 2. The van der Waals surface area contributed by atoms with Gasteiger partial charge >= 0.3 is 17.6 Å². The Kier molecular flexibility index (Phi) is 7.85. The van der Waals surface area contributed by atoms with Gasteiger partial charge in [0.25, 0.3) is 0 Å². The first-order valence-electron chi connectivity index (χ1n) is 11.6. The molecule has 38 heavy (non-hydrogen) atoms. The molecule has 1 aliphatic heterocycles. The van der Waals surface area contributed by atoms with Crippen LogP contribution in [0.3, 0.4) is 0 Å². The zero-order valence-corrected chi connectivity index (χ0v) is 21.0. The number of ether oxygens (including phenoxy) is 3. The lowest BCUT2D eigenvalue weighted by atomic mass is 10.1. The molecule has 198 valence electrons. The first-order valence-corrected chi connectivity index (χ1v) is 11.6. The van der Waals surface area contributed by atoms with Crippen LogP contribution in [0.2, 0.25) is 0 Å². The predicted molar refractivity (Wildman–Crippen MR) is 139 cm³/mol. The van der Waals surface area contributed by atoms with Crippen LogP contribution in [0.25, 0.3) is 0 Å². The number of benzene rings is 2. The van der Waals surface area contributed by atoms with Crippen LogP contribution in [0.4, 0.5) is 28.7 Å². The van der Waals surface area contributed by atoms with Crippen LogP contribution < -0.4 is 19.9 Å². The monoisotopic (exact) mass is 522 g/mol. The number of nitrogens with one attached hydrogen (secondary N) is 1. The molecule has 3 aromatic rings. The largest absolute Gasteiger partial charge is 0.497 e. The van der Waals surface area contributed by atoms with Crippen LogP contribution in [0.15, 0.2) is 48.8 Å². The average Bonchev–Trinajstić information content (AvgIpc) is 2.96. The molecule has 4 rings (SSSR count). The fraction of sp³-hybridized carbons (Fsp3) is 0.280. The molecule has 0 spiro atoms. The molecule has 2 heterocycles. The second-order valence-electron chi connectivity index (χ2n) is 8.23. The van der Waals surface area contributed by atoms with Crippen molar-refractivity contribution < 1.29 is 28.7 Å². The predicted octanol–water partition coefficient (Wildman–Crippen LogP) is 3.04. The maximum Gasteiger partial charge on any atom is 0.353 e. The van der Waals surface area contributed by atoms with Gasteiger partial charge in [-0.2, -0.15) is 0 Å². The Morgan fingerprint density at radius 1 is 0.895 bits per heavy atom. The van der Waals surface area contributed by atoms with Gasteiger partial charge in [-0.3, -0.25) is 10.1 Å². The van der Waals surface area contributed by atoms with Crippen LogP contribution in [0, 0.1) is 10.1 Å². The van der Waals surface area contributed by atoms with Crippen LogP contribution >= 0.6 is 0 Å². The zero-order chi connectivity index (χ0) is 27.2. The molecule has 0 atom stereocenters. The van der Waals surface area contributed by atoms with Crippen molar-refractivity contribution in [2.75, 3.05) is 62.6 Å². The highest BCUT2D eigenvalue weighted by molar-refractivity contribution is 5.97. The lowest BCUT2D eigenvalue weighted by Crippen LogP contribution is -2.47. The highest BCUT2D eigenvalue weighted by atomic mass is 16.6. The molecule has 0 unspecified atom stereocenters. The van der Waals surface area contributed by atoms with E-state index < -0.39 is 16.9 Å². The van der Waals surface area contributed by atoms with E-state index in [0.717, 1.165) is 11.4 Å². The van der Waals surface area contributed by atoms with Gasteiger partial charge in [0.05, 0.1) is 37.4 Å². The van der Waals surface area contributed by atoms with Gasteiger partial charge < -0.3 is 29.3 Å². The molecule has 1 N–H and O–H groups in total. The van der Waals surface area contributed by atoms with Crippen molar-refractivity contribution in [3.63, 3.8) is 0 Å². The first kappa shape index (κ1) is 26.1. The highest BCUT2D eigenvalue weighted by Gasteiger charge is 2.30. The SMILES string of the molecule is COC(=O)c1cc(Nc2ncnc(N3CCN(c4ccc(OC)cc4)CC3)c2[N+](=O)[O-])cc(C(=O)OC)c1. The number of hydrogen-bond donors (Lipinski definition) is 1. The number of rotatable bonds is 8. The van der Waals surface area contributed by atoms with E-state index in [0.29, 0.717) is 26.2 Å². The minimum absolute atomic E-state index is 0.0597. The second kappa shape index (κ2) is 11.4. The van der Waals surface area contributed by atoms with Crippen LogP contribution in [-0.2, 0) is 9.47 Å². The van der Waals surface area contributed by atoms with Crippen molar-refractivity contribution >= 4 is 40.6 Å². The molecule has 0 bridgehead atoms. The van der Waals surface area contributed by atoms with E-state index in [1.54, 1.807) is 7.11 Å². The van der Waals surface area contributed by atoms with E-state index in [-0.39, 0.29) is 34.1 Å². The van der Waals surface area contributed by atoms with E-state index >= 15 is 0 Å². The minimum Gasteiger partial charge on any atom is -0.497 e. The van der Waals surface area contributed by atoms with E-state index in [4.69, 9.17) is 14.2 Å². The molecule has 0 radical (unpaired) electrons. The molecule has 1 aromatic heterocycles. The molecule has 0 aliphatic carbocycles. The summed E-state index contributed by atoms with van der Waals surface area (Å²) in [5, 5.41) is 15.0. The van der Waals surface area contributed by atoms with E-state index in [9.17, 15) is 19.7 Å². The Balaban J connectivity index is 1.60. The number of methoxy groups -OCH3 is 3. The number of hydrogen-bond acceptors (Lipinski definition) is 12. The maximum atomic E-state index is 12.2. The van der Waals surface area contributed by atoms with Crippen molar-refractivity contribution in [1.29, 1.82) is 0 Å². The summed E-state index contributed by atoms with van der Waals surface area (Å²) in [7, 11) is 4.02. The molecule has 1 saturated heterocycles. The third kappa shape index (κ3) is 5.56. The Hall–Kier alpha value is -4.94. The lowest BCUT2D eigenvalue weighted by Gasteiger charge is -2.36. The molecule has 0 saturated carbocycles. The van der Waals surface area contributed by atoms with Gasteiger partial charge in [0, 0.05) is 37.6 Å². The van der Waals surface area contributed by atoms with E-state index in [1.807, 2.05) is 29.2 Å². The summed E-state index contributed by atoms with van der Waals surface area (Å²) in [4.78, 5) is 48.1. The third-order valence-corrected chi connectivity index (χ3v) is 6.04. The molecule has 13 nitrogen and oxygen atoms in total. The molecule has 1 aliphatic rings. The molecule has 0 amide bonds. The molecule has 2 aromatic carbocycles. The Morgan fingerprint density at radius 3 is 2.00 bits per heavy atom. The summed E-state index contributed by atoms with van der Waals surface area (Å²) in [6, 6.07) is 11.8. The summed E-state index contributed by atoms with van der Waals surface area (Å²) < 4.78 is 14.7. The molecule has 13 heteroatoms. The fourth-order valence-electron chi connectivity index (χ4n) is 4.14. The Morgan fingerprint density at radius 2 is 1.47 bits per heavy atom. The number of anilines is 4. The van der Waals surface area contributed by atoms with E-state index in [2.05, 4.69) is 20.2 Å². The van der Waals surface area contributed by atoms with Gasteiger partial charge in [-0.05, 0) is 42.5 Å². The van der Waals surface area contributed by atoms with Gasteiger partial charge in [0.1, 0.15) is 12.1 Å². The molecule has 1 fully saturated rings. The number of piperazine rings is 1. The topological polar surface area (TPSA) is 149 Å².